The highest BCUT2D eigenvalue weighted by Gasteiger charge is 2.05. The minimum absolute atomic E-state index is 0.399. The first kappa shape index (κ1) is 14.3. The molecule has 0 spiro atoms. The van der Waals surface area contributed by atoms with Crippen LogP contribution in [0, 0.1) is 13.8 Å². The van der Waals surface area contributed by atoms with Crippen LogP contribution in [-0.2, 0) is 0 Å². The molecule has 1 heterocycles. The first-order chi connectivity index (χ1) is 9.56. The van der Waals surface area contributed by atoms with Gasteiger partial charge in [-0.1, -0.05) is 19.1 Å². The van der Waals surface area contributed by atoms with Crippen LogP contribution in [0.15, 0.2) is 30.3 Å². The molecular formula is C16H22N4. The number of aromatic nitrogens is 2. The Balaban J connectivity index is 2.19. The topological polar surface area (TPSA) is 49.8 Å². The van der Waals surface area contributed by atoms with Crippen molar-refractivity contribution in [2.45, 2.75) is 40.2 Å². The Bertz CT molecular complexity index is 580. The molecular weight excluding hydrogens is 248 g/mol. The van der Waals surface area contributed by atoms with E-state index in [2.05, 4.69) is 53.5 Å². The Morgan fingerprint density at radius 2 is 1.85 bits per heavy atom. The van der Waals surface area contributed by atoms with Gasteiger partial charge < -0.3 is 10.6 Å². The van der Waals surface area contributed by atoms with Gasteiger partial charge in [0.2, 0.25) is 0 Å². The lowest BCUT2D eigenvalue weighted by Gasteiger charge is -2.14. The van der Waals surface area contributed by atoms with Gasteiger partial charge in [0, 0.05) is 17.8 Å². The van der Waals surface area contributed by atoms with Gasteiger partial charge in [-0.3, -0.25) is 0 Å². The number of aryl methyl sites for hydroxylation is 2. The van der Waals surface area contributed by atoms with Gasteiger partial charge in [-0.25, -0.2) is 9.97 Å². The standard InChI is InChI=1S/C16H22N4/c1-5-12(3)17-15-10-16(19-13(4)18-15)20-14-8-6-7-11(2)9-14/h6-10,12H,5H2,1-4H3,(H2,17,18,19,20). The Morgan fingerprint density at radius 3 is 2.55 bits per heavy atom. The van der Waals surface area contributed by atoms with Gasteiger partial charge in [-0.15, -0.1) is 0 Å². The Morgan fingerprint density at radius 1 is 1.10 bits per heavy atom. The second-order valence-electron chi connectivity index (χ2n) is 5.13. The fourth-order valence-corrected chi connectivity index (χ4v) is 1.93. The number of anilines is 3. The summed E-state index contributed by atoms with van der Waals surface area (Å²) in [7, 11) is 0. The maximum atomic E-state index is 4.43. The zero-order valence-electron chi connectivity index (χ0n) is 12.6. The fraction of sp³-hybridized carbons (Fsp3) is 0.375. The molecule has 1 unspecified atom stereocenters. The van der Waals surface area contributed by atoms with E-state index < -0.39 is 0 Å². The molecule has 4 nitrogen and oxygen atoms in total. The Hall–Kier alpha value is -2.10. The number of nitrogens with zero attached hydrogens (tertiary/aromatic N) is 2. The van der Waals surface area contributed by atoms with E-state index >= 15 is 0 Å². The summed E-state index contributed by atoms with van der Waals surface area (Å²) < 4.78 is 0. The number of hydrogen-bond acceptors (Lipinski definition) is 4. The number of rotatable bonds is 5. The molecule has 0 amide bonds. The van der Waals surface area contributed by atoms with Crippen LogP contribution in [0.1, 0.15) is 31.7 Å². The van der Waals surface area contributed by atoms with Gasteiger partial charge in [-0.2, -0.15) is 0 Å². The van der Waals surface area contributed by atoms with Crippen LogP contribution in [0.25, 0.3) is 0 Å². The molecule has 0 bridgehead atoms. The monoisotopic (exact) mass is 270 g/mol. The van der Waals surface area contributed by atoms with Crippen molar-refractivity contribution in [3.63, 3.8) is 0 Å². The van der Waals surface area contributed by atoms with Crippen LogP contribution in [0.3, 0.4) is 0 Å². The van der Waals surface area contributed by atoms with E-state index in [1.807, 2.05) is 25.1 Å². The highest BCUT2D eigenvalue weighted by Crippen LogP contribution is 2.18. The summed E-state index contributed by atoms with van der Waals surface area (Å²) in [4.78, 5) is 8.85. The third-order valence-corrected chi connectivity index (χ3v) is 3.14. The molecule has 1 atom stereocenters. The average Bonchev–Trinajstić information content (AvgIpc) is 2.37. The number of benzene rings is 1. The summed E-state index contributed by atoms with van der Waals surface area (Å²) in [5.41, 5.74) is 2.26. The van der Waals surface area contributed by atoms with Crippen LogP contribution in [-0.4, -0.2) is 16.0 Å². The van der Waals surface area contributed by atoms with Crippen LogP contribution >= 0.6 is 0 Å². The molecule has 20 heavy (non-hydrogen) atoms. The van der Waals surface area contributed by atoms with Gasteiger partial charge in [0.1, 0.15) is 17.5 Å². The van der Waals surface area contributed by atoms with E-state index in [4.69, 9.17) is 0 Å². The minimum Gasteiger partial charge on any atom is -0.367 e. The largest absolute Gasteiger partial charge is 0.367 e. The van der Waals surface area contributed by atoms with E-state index in [-0.39, 0.29) is 0 Å². The van der Waals surface area contributed by atoms with Crippen molar-refractivity contribution in [2.75, 3.05) is 10.6 Å². The number of nitrogens with one attached hydrogen (secondary N) is 2. The summed E-state index contributed by atoms with van der Waals surface area (Å²) in [6, 6.07) is 10.6. The van der Waals surface area contributed by atoms with Crippen molar-refractivity contribution < 1.29 is 0 Å². The molecule has 0 fully saturated rings. The summed E-state index contributed by atoms with van der Waals surface area (Å²) in [5, 5.41) is 6.70. The van der Waals surface area contributed by atoms with E-state index in [1.165, 1.54) is 5.56 Å². The van der Waals surface area contributed by atoms with E-state index in [0.717, 1.165) is 29.6 Å². The third-order valence-electron chi connectivity index (χ3n) is 3.14. The first-order valence-corrected chi connectivity index (χ1v) is 7.02. The van der Waals surface area contributed by atoms with Crippen molar-refractivity contribution in [2.24, 2.45) is 0 Å². The van der Waals surface area contributed by atoms with Crippen molar-refractivity contribution in [1.29, 1.82) is 0 Å². The third kappa shape index (κ3) is 3.95. The van der Waals surface area contributed by atoms with Gasteiger partial charge in [0.05, 0.1) is 0 Å². The predicted octanol–water partition coefficient (Wildman–Crippen LogP) is 4.05. The molecule has 0 saturated heterocycles. The number of hydrogen-bond donors (Lipinski definition) is 2. The summed E-state index contributed by atoms with van der Waals surface area (Å²) >= 11 is 0. The molecule has 1 aromatic heterocycles. The molecule has 1 aromatic carbocycles. The van der Waals surface area contributed by atoms with Crippen molar-refractivity contribution in [3.05, 3.63) is 41.7 Å². The van der Waals surface area contributed by atoms with E-state index in [1.54, 1.807) is 0 Å². The molecule has 2 rings (SSSR count). The van der Waals surface area contributed by atoms with Crippen molar-refractivity contribution >= 4 is 17.3 Å². The molecule has 0 radical (unpaired) electrons. The normalized spacial score (nSPS) is 12.0. The molecule has 106 valence electrons. The maximum Gasteiger partial charge on any atom is 0.136 e. The lowest BCUT2D eigenvalue weighted by Crippen LogP contribution is -2.15. The van der Waals surface area contributed by atoms with Gasteiger partial charge in [0.25, 0.3) is 0 Å². The summed E-state index contributed by atoms with van der Waals surface area (Å²) in [6.45, 7) is 8.28. The summed E-state index contributed by atoms with van der Waals surface area (Å²) in [5.74, 6) is 2.43. The smallest absolute Gasteiger partial charge is 0.136 e. The van der Waals surface area contributed by atoms with Gasteiger partial charge >= 0.3 is 0 Å². The Kier molecular flexibility index (Phi) is 4.56. The minimum atomic E-state index is 0.399. The zero-order valence-corrected chi connectivity index (χ0v) is 12.6. The fourth-order valence-electron chi connectivity index (χ4n) is 1.93. The Labute approximate surface area is 120 Å². The van der Waals surface area contributed by atoms with E-state index in [9.17, 15) is 0 Å². The SMILES string of the molecule is CCC(C)Nc1cc(Nc2cccc(C)c2)nc(C)n1. The van der Waals surface area contributed by atoms with Gasteiger partial charge in [0.15, 0.2) is 0 Å². The lowest BCUT2D eigenvalue weighted by atomic mass is 10.2. The molecule has 0 aliphatic rings. The second-order valence-corrected chi connectivity index (χ2v) is 5.13. The van der Waals surface area contributed by atoms with Crippen molar-refractivity contribution in [1.82, 2.24) is 9.97 Å². The molecule has 0 aliphatic carbocycles. The van der Waals surface area contributed by atoms with Crippen LogP contribution in [0.2, 0.25) is 0 Å². The lowest BCUT2D eigenvalue weighted by molar-refractivity contribution is 0.757. The first-order valence-electron chi connectivity index (χ1n) is 7.02. The second kappa shape index (κ2) is 6.37. The van der Waals surface area contributed by atoms with Gasteiger partial charge in [-0.05, 0) is 44.9 Å². The van der Waals surface area contributed by atoms with E-state index in [0.29, 0.717) is 6.04 Å². The summed E-state index contributed by atoms with van der Waals surface area (Å²) in [6.07, 6.45) is 1.06. The maximum absolute atomic E-state index is 4.43. The van der Waals surface area contributed by atoms with Crippen LogP contribution in [0.4, 0.5) is 17.3 Å². The molecule has 4 heteroatoms. The highest BCUT2D eigenvalue weighted by atomic mass is 15.1. The molecule has 2 N–H and O–H groups in total. The predicted molar refractivity (Wildman–Crippen MR) is 84.6 cm³/mol. The molecule has 0 aliphatic heterocycles. The molecule has 2 aromatic rings. The quantitative estimate of drug-likeness (QED) is 0.860. The zero-order chi connectivity index (χ0) is 14.5. The average molecular weight is 270 g/mol. The molecule has 0 saturated carbocycles. The highest BCUT2D eigenvalue weighted by molar-refractivity contribution is 5.59. The van der Waals surface area contributed by atoms with Crippen LogP contribution in [0.5, 0.6) is 0 Å². The van der Waals surface area contributed by atoms with Crippen LogP contribution < -0.4 is 10.6 Å². The van der Waals surface area contributed by atoms with Crippen molar-refractivity contribution in [3.8, 4) is 0 Å².